The third-order valence-corrected chi connectivity index (χ3v) is 5.39. The van der Waals surface area contributed by atoms with Crippen LogP contribution in [0, 0.1) is 0 Å². The van der Waals surface area contributed by atoms with E-state index in [0.717, 1.165) is 47.4 Å². The zero-order valence-electron chi connectivity index (χ0n) is 16.0. The zero-order valence-corrected chi connectivity index (χ0v) is 16.8. The Bertz CT molecular complexity index is 1020. The minimum atomic E-state index is 0.192. The van der Waals surface area contributed by atoms with E-state index in [4.69, 9.17) is 21.7 Å². The van der Waals surface area contributed by atoms with Crippen molar-refractivity contribution < 1.29 is 9.47 Å². The van der Waals surface area contributed by atoms with Crippen LogP contribution in [0.2, 0.25) is 0 Å². The van der Waals surface area contributed by atoms with Crippen LogP contribution in [0.1, 0.15) is 30.0 Å². The van der Waals surface area contributed by atoms with E-state index in [2.05, 4.69) is 27.8 Å². The van der Waals surface area contributed by atoms with Gasteiger partial charge in [-0.3, -0.25) is 4.98 Å². The van der Waals surface area contributed by atoms with Crippen LogP contribution in [0.15, 0.2) is 48.7 Å². The van der Waals surface area contributed by atoms with Crippen LogP contribution in [0.5, 0.6) is 11.5 Å². The highest BCUT2D eigenvalue weighted by atomic mass is 32.1. The first-order chi connectivity index (χ1) is 13.7. The number of ether oxygens (including phenoxy) is 2. The molecule has 0 amide bonds. The van der Waals surface area contributed by atoms with Gasteiger partial charge in [0.2, 0.25) is 0 Å². The smallest absolute Gasteiger partial charge is 0.171 e. The fraction of sp³-hybridized carbons (Fsp3) is 0.273. The van der Waals surface area contributed by atoms with Crippen molar-refractivity contribution in [1.82, 2.24) is 10.3 Å². The van der Waals surface area contributed by atoms with E-state index in [1.165, 1.54) is 11.1 Å². The van der Waals surface area contributed by atoms with Crippen LogP contribution >= 0.6 is 12.2 Å². The van der Waals surface area contributed by atoms with E-state index in [9.17, 15) is 0 Å². The van der Waals surface area contributed by atoms with Crippen molar-refractivity contribution in [2.24, 2.45) is 0 Å². The minimum absolute atomic E-state index is 0.192. The van der Waals surface area contributed by atoms with Crippen LogP contribution in [0.25, 0.3) is 10.9 Å². The second-order valence-electron chi connectivity index (χ2n) is 6.82. The molecular weight excluding hydrogens is 370 g/mol. The summed E-state index contributed by atoms with van der Waals surface area (Å²) in [6.07, 6.45) is 5.00. The molecular formula is C22H23N3O2S. The number of methoxy groups -OCH3 is 2. The summed E-state index contributed by atoms with van der Waals surface area (Å²) in [5, 5.41) is 8.39. The molecule has 144 valence electrons. The molecule has 6 heteroatoms. The van der Waals surface area contributed by atoms with Gasteiger partial charge in [0.1, 0.15) is 17.0 Å². The van der Waals surface area contributed by atoms with Crippen LogP contribution < -0.4 is 20.1 Å². The van der Waals surface area contributed by atoms with Crippen LogP contribution in [-0.4, -0.2) is 24.3 Å². The summed E-state index contributed by atoms with van der Waals surface area (Å²) >= 11 is 5.62. The summed E-state index contributed by atoms with van der Waals surface area (Å²) in [4.78, 5) is 4.44. The standard InChI is InChI=1S/C22H23N3O2S/c1-26-15-8-9-16-14(13-15)5-3-7-18(16)24-22(28)25-19-10-11-20(27-2)21-17(19)6-4-12-23-21/h4,6,8-13,18H,3,5,7H2,1-2H3,(H2,24,25,28). The number of rotatable bonds is 4. The number of fused-ring (bicyclic) bond motifs is 2. The minimum Gasteiger partial charge on any atom is -0.497 e. The lowest BCUT2D eigenvalue weighted by atomic mass is 9.87. The number of thiocarbonyl (C=S) groups is 1. The van der Waals surface area contributed by atoms with Gasteiger partial charge in [0.05, 0.1) is 20.3 Å². The Morgan fingerprint density at radius 3 is 2.86 bits per heavy atom. The van der Waals surface area contributed by atoms with Crippen molar-refractivity contribution in [3.8, 4) is 11.5 Å². The summed E-state index contributed by atoms with van der Waals surface area (Å²) in [6.45, 7) is 0. The van der Waals surface area contributed by atoms with E-state index >= 15 is 0 Å². The molecule has 1 unspecified atom stereocenters. The Balaban J connectivity index is 1.54. The van der Waals surface area contributed by atoms with E-state index < -0.39 is 0 Å². The molecule has 1 aromatic heterocycles. The van der Waals surface area contributed by atoms with Crippen molar-refractivity contribution in [1.29, 1.82) is 0 Å². The Labute approximate surface area is 170 Å². The molecule has 0 saturated carbocycles. The van der Waals surface area contributed by atoms with Crippen LogP contribution in [-0.2, 0) is 6.42 Å². The van der Waals surface area contributed by atoms with Gasteiger partial charge in [0, 0.05) is 17.3 Å². The molecule has 2 N–H and O–H groups in total. The lowest BCUT2D eigenvalue weighted by Gasteiger charge is -2.28. The first kappa shape index (κ1) is 18.5. The molecule has 0 bridgehead atoms. The summed E-state index contributed by atoms with van der Waals surface area (Å²) < 4.78 is 10.8. The monoisotopic (exact) mass is 393 g/mol. The van der Waals surface area contributed by atoms with Gasteiger partial charge in [-0.1, -0.05) is 6.07 Å². The number of benzene rings is 2. The van der Waals surface area contributed by atoms with Gasteiger partial charge < -0.3 is 20.1 Å². The third-order valence-electron chi connectivity index (χ3n) is 5.17. The maximum Gasteiger partial charge on any atom is 0.171 e. The van der Waals surface area contributed by atoms with Crippen molar-refractivity contribution in [2.75, 3.05) is 19.5 Å². The molecule has 1 heterocycles. The van der Waals surface area contributed by atoms with E-state index in [1.54, 1.807) is 20.4 Å². The number of anilines is 1. The number of hydrogen-bond acceptors (Lipinski definition) is 4. The highest BCUT2D eigenvalue weighted by molar-refractivity contribution is 7.80. The summed E-state index contributed by atoms with van der Waals surface area (Å²) in [6, 6.07) is 14.3. The molecule has 1 atom stereocenters. The predicted octanol–water partition coefficient (Wildman–Crippen LogP) is 4.62. The van der Waals surface area contributed by atoms with Gasteiger partial charge in [-0.25, -0.2) is 0 Å². The Hall–Kier alpha value is -2.86. The topological polar surface area (TPSA) is 55.4 Å². The molecule has 3 aromatic rings. The van der Waals surface area contributed by atoms with Crippen molar-refractivity contribution >= 4 is 33.9 Å². The normalized spacial score (nSPS) is 15.6. The van der Waals surface area contributed by atoms with E-state index in [1.807, 2.05) is 30.3 Å². The highest BCUT2D eigenvalue weighted by Crippen LogP contribution is 2.33. The number of nitrogens with zero attached hydrogens (tertiary/aromatic N) is 1. The van der Waals surface area contributed by atoms with Crippen LogP contribution in [0.3, 0.4) is 0 Å². The molecule has 2 aromatic carbocycles. The largest absolute Gasteiger partial charge is 0.497 e. The molecule has 28 heavy (non-hydrogen) atoms. The first-order valence-electron chi connectivity index (χ1n) is 9.35. The number of hydrogen-bond donors (Lipinski definition) is 2. The Kier molecular flexibility index (Phi) is 5.30. The van der Waals surface area contributed by atoms with Gasteiger partial charge in [0.15, 0.2) is 5.11 Å². The van der Waals surface area contributed by atoms with Gasteiger partial charge in [0.25, 0.3) is 0 Å². The molecule has 5 nitrogen and oxygen atoms in total. The molecule has 0 aliphatic heterocycles. The molecule has 4 rings (SSSR count). The quantitative estimate of drug-likeness (QED) is 0.631. The van der Waals surface area contributed by atoms with Gasteiger partial charge in [-0.05, 0) is 79.0 Å². The third kappa shape index (κ3) is 3.60. The first-order valence-corrected chi connectivity index (χ1v) is 9.76. The summed E-state index contributed by atoms with van der Waals surface area (Å²) in [5.41, 5.74) is 4.34. The Morgan fingerprint density at radius 2 is 2.04 bits per heavy atom. The molecule has 0 spiro atoms. The summed E-state index contributed by atoms with van der Waals surface area (Å²) in [7, 11) is 3.35. The summed E-state index contributed by atoms with van der Waals surface area (Å²) in [5.74, 6) is 1.65. The highest BCUT2D eigenvalue weighted by Gasteiger charge is 2.21. The number of aryl methyl sites for hydroxylation is 1. The molecule has 0 saturated heterocycles. The van der Waals surface area contributed by atoms with Crippen LogP contribution in [0.4, 0.5) is 5.69 Å². The average molecular weight is 394 g/mol. The molecule has 1 aliphatic rings. The lowest BCUT2D eigenvalue weighted by molar-refractivity contribution is 0.412. The van der Waals surface area contributed by atoms with E-state index in [-0.39, 0.29) is 6.04 Å². The van der Waals surface area contributed by atoms with Crippen molar-refractivity contribution in [2.45, 2.75) is 25.3 Å². The zero-order chi connectivity index (χ0) is 19.5. The molecule has 1 aliphatic carbocycles. The fourth-order valence-electron chi connectivity index (χ4n) is 3.80. The number of pyridine rings is 1. The average Bonchev–Trinajstić information content (AvgIpc) is 2.73. The molecule has 0 fully saturated rings. The number of nitrogens with one attached hydrogen (secondary N) is 2. The van der Waals surface area contributed by atoms with Gasteiger partial charge >= 0.3 is 0 Å². The SMILES string of the molecule is COc1ccc2c(c1)CCCC2NC(=S)Nc1ccc(OC)c2ncccc12. The molecule has 0 radical (unpaired) electrons. The van der Waals surface area contributed by atoms with E-state index in [0.29, 0.717) is 5.11 Å². The number of aromatic nitrogens is 1. The maximum absolute atomic E-state index is 5.62. The lowest BCUT2D eigenvalue weighted by Crippen LogP contribution is -2.34. The Morgan fingerprint density at radius 1 is 1.14 bits per heavy atom. The fourth-order valence-corrected chi connectivity index (χ4v) is 4.06. The van der Waals surface area contributed by atoms with Crippen molar-refractivity contribution in [3.05, 3.63) is 59.8 Å². The second-order valence-corrected chi connectivity index (χ2v) is 7.23. The van der Waals surface area contributed by atoms with Gasteiger partial charge in [-0.15, -0.1) is 0 Å². The predicted molar refractivity (Wildman–Crippen MR) is 116 cm³/mol. The second kappa shape index (κ2) is 8.02. The van der Waals surface area contributed by atoms with Crippen molar-refractivity contribution in [3.63, 3.8) is 0 Å². The van der Waals surface area contributed by atoms with Gasteiger partial charge in [-0.2, -0.15) is 0 Å². The maximum atomic E-state index is 5.62.